The van der Waals surface area contributed by atoms with Crippen molar-refractivity contribution in [2.75, 3.05) is 0 Å². The van der Waals surface area contributed by atoms with Crippen LogP contribution in [-0.4, -0.2) is 188 Å². The topological polar surface area (TPSA) is 0 Å². The molecule has 0 bridgehead atoms. The summed E-state index contributed by atoms with van der Waals surface area (Å²) in [5.74, 6) is 0. The summed E-state index contributed by atoms with van der Waals surface area (Å²) in [6.07, 6.45) is 0. The summed E-state index contributed by atoms with van der Waals surface area (Å²) < 4.78 is 0. The first-order chi connectivity index (χ1) is 27.9. The highest BCUT2D eigenvalue weighted by Crippen LogP contribution is 2.41. The minimum atomic E-state index is 1.40. The van der Waals surface area contributed by atoms with E-state index in [9.17, 15) is 0 Å². The van der Waals surface area contributed by atoms with E-state index in [-0.39, 0.29) is 0 Å². The van der Waals surface area contributed by atoms with Gasteiger partial charge in [-0.15, -0.1) is 65.6 Å². The molecule has 7 rings (SSSR count). The SMILES string of the molecule is Bc1c(B)c(B)c(-c2c(B)c(B)c(-c3c4c(B)c(B)c(B)c(B)c4c(-c4c(B)c(B)c(B)c(B)c4B)c4c(B)c(B)c(B)c(B)c34)c3c(B)c(B)c(B)c(B)c23)c(B)c1B. The van der Waals surface area contributed by atoms with Crippen LogP contribution in [0.15, 0.2) is 0 Å². The molecule has 0 aliphatic carbocycles. The van der Waals surface area contributed by atoms with E-state index >= 15 is 0 Å². The maximum Gasteiger partial charge on any atom is 0.139 e. The van der Waals surface area contributed by atoms with Crippen molar-refractivity contribution in [1.29, 1.82) is 0 Å². The van der Waals surface area contributed by atoms with Crippen LogP contribution >= 0.6 is 0 Å². The molecule has 0 unspecified atom stereocenters. The smallest absolute Gasteiger partial charge is 0.102 e. The monoisotopic (exact) mass is 745 g/mol. The van der Waals surface area contributed by atoms with E-state index in [1.54, 1.807) is 0 Å². The van der Waals surface area contributed by atoms with Crippen molar-refractivity contribution in [2.45, 2.75) is 0 Å². The van der Waals surface area contributed by atoms with Gasteiger partial charge in [0, 0.05) is 0 Å². The molecule has 7 aromatic rings. The normalized spacial score (nSPS) is 11.6. The minimum Gasteiger partial charge on any atom is -0.102 e. The Bertz CT molecular complexity index is 3050. The maximum absolute atomic E-state index is 2.45. The van der Waals surface area contributed by atoms with Crippen molar-refractivity contribution in [1.82, 2.24) is 0 Å². The Labute approximate surface area is 382 Å². The Kier molecular flexibility index (Phi) is 11.5. The Balaban J connectivity index is 1.95. The molecule has 0 nitrogen and oxygen atoms in total. The lowest BCUT2D eigenvalue weighted by molar-refractivity contribution is 1.84. The highest BCUT2D eigenvalue weighted by Gasteiger charge is 2.31. The third-order valence-electron chi connectivity index (χ3n) is 17.6. The van der Waals surface area contributed by atoms with E-state index in [4.69, 9.17) is 0 Å². The van der Waals surface area contributed by atoms with Gasteiger partial charge in [-0.1, -0.05) is 65.6 Å². The average Bonchev–Trinajstić information content (AvgIpc) is 3.22. The van der Waals surface area contributed by atoms with Crippen LogP contribution in [0.2, 0.25) is 0 Å². The summed E-state index contributed by atoms with van der Waals surface area (Å²) in [5, 5.41) is 8.59. The number of fused-ring (bicyclic) bond motifs is 3. The predicted octanol–water partition coefficient (Wildman–Crippen LogP) is -31.7. The molecule has 0 heterocycles. The maximum atomic E-state index is 2.45. The molecule has 0 aliphatic rings. The molecule has 0 N–H and O–H groups in total. The van der Waals surface area contributed by atoms with Gasteiger partial charge in [-0.2, -0.15) is 0 Å². The molecule has 0 saturated heterocycles. The Hall–Kier alpha value is -3.12. The van der Waals surface area contributed by atoms with Gasteiger partial charge in [-0.3, -0.25) is 0 Å². The summed E-state index contributed by atoms with van der Waals surface area (Å²) in [4.78, 5) is 0. The lowest BCUT2D eigenvalue weighted by atomic mass is 9.55. The Morgan fingerprint density at radius 2 is 0.217 bits per heavy atom. The quantitative estimate of drug-likeness (QED) is 0.125. The van der Waals surface area contributed by atoms with Crippen molar-refractivity contribution in [3.63, 3.8) is 0 Å². The van der Waals surface area contributed by atoms with Crippen LogP contribution < -0.4 is 131 Å². The van der Waals surface area contributed by atoms with Crippen LogP contribution in [0.25, 0.3) is 65.7 Å². The molecular weight excluding hydrogens is 692 g/mol. The second-order valence-electron chi connectivity index (χ2n) is 19.5. The van der Waals surface area contributed by atoms with Gasteiger partial charge in [0.25, 0.3) is 0 Å². The standard InChI is InChI=1S/C36H48B24/c37-13-5(8-9(20(44)30(54)29(53)19(8)43)10(14(13)38)12-23(47)33(57)36(60)34(58)24(12)48)1-3-6(17(41)27(51)25(49)15(3)39)2(7-4(1)16(40)26(50)28(52)18(7)42)11-21(45)31(55)35(59)32(56)22(11)46/h37-60H2. The van der Waals surface area contributed by atoms with E-state index in [0.717, 1.165) is 0 Å². The third-order valence-corrected chi connectivity index (χ3v) is 17.6. The molecule has 0 saturated carbocycles. The van der Waals surface area contributed by atoms with Gasteiger partial charge >= 0.3 is 0 Å². The van der Waals surface area contributed by atoms with Crippen molar-refractivity contribution < 1.29 is 0 Å². The van der Waals surface area contributed by atoms with Gasteiger partial charge in [0.05, 0.1) is 0 Å². The van der Waals surface area contributed by atoms with Gasteiger partial charge in [-0.05, 0) is 65.7 Å². The molecule has 0 aromatic heterocycles. The molecule has 0 atom stereocenters. The lowest BCUT2D eigenvalue weighted by Crippen LogP contribution is -2.56. The van der Waals surface area contributed by atoms with Crippen LogP contribution in [-0.2, 0) is 0 Å². The fraction of sp³-hybridized carbons (Fsp3) is 0. The van der Waals surface area contributed by atoms with Crippen LogP contribution in [0.4, 0.5) is 0 Å². The van der Waals surface area contributed by atoms with Crippen molar-refractivity contribution in [3.8, 4) is 33.4 Å². The summed E-state index contributed by atoms with van der Waals surface area (Å²) in [6.45, 7) is 0. The Morgan fingerprint density at radius 3 is 0.450 bits per heavy atom. The fourth-order valence-electron chi connectivity index (χ4n) is 11.7. The number of rotatable bonds is 3. The van der Waals surface area contributed by atoms with Gasteiger partial charge in [-0.25, -0.2) is 0 Å². The summed E-state index contributed by atoms with van der Waals surface area (Å²) in [6, 6.07) is 0. The van der Waals surface area contributed by atoms with Crippen LogP contribution in [0.5, 0.6) is 0 Å². The molecule has 24 heteroatoms. The van der Waals surface area contributed by atoms with E-state index in [0.29, 0.717) is 0 Å². The first-order valence-electron chi connectivity index (χ1n) is 22.5. The van der Waals surface area contributed by atoms with Gasteiger partial charge < -0.3 is 0 Å². The molecule has 0 amide bonds. The van der Waals surface area contributed by atoms with Crippen molar-refractivity contribution in [3.05, 3.63) is 0 Å². The molecule has 0 aliphatic heterocycles. The van der Waals surface area contributed by atoms with Crippen molar-refractivity contribution >= 4 is 352 Å². The van der Waals surface area contributed by atoms with E-state index < -0.39 is 0 Å². The highest BCUT2D eigenvalue weighted by molar-refractivity contribution is 6.76. The zero-order valence-electron chi connectivity index (χ0n) is 42.0. The number of hydrogen-bond acceptors (Lipinski definition) is 0. The zero-order valence-corrected chi connectivity index (χ0v) is 42.0. The van der Waals surface area contributed by atoms with Gasteiger partial charge in [0.1, 0.15) is 188 Å². The first kappa shape index (κ1) is 44.9. The molecule has 0 spiro atoms. The summed E-state index contributed by atoms with van der Waals surface area (Å²) >= 11 is 0. The predicted molar refractivity (Wildman–Crippen MR) is 352 cm³/mol. The average molecular weight is 740 g/mol. The first-order valence-corrected chi connectivity index (χ1v) is 22.5. The molecule has 264 valence electrons. The third kappa shape index (κ3) is 5.86. The number of benzene rings is 7. The lowest BCUT2D eigenvalue weighted by Gasteiger charge is -2.33. The second kappa shape index (κ2) is 15.3. The molecule has 0 radical (unpaired) electrons. The van der Waals surface area contributed by atoms with E-state index in [1.807, 2.05) is 0 Å². The number of hydrogen-bond donors (Lipinski definition) is 0. The highest BCUT2D eigenvalue weighted by atomic mass is 14.3. The Morgan fingerprint density at radius 1 is 0.100 bits per heavy atom. The van der Waals surface area contributed by atoms with Gasteiger partial charge in [0.15, 0.2) is 0 Å². The van der Waals surface area contributed by atoms with Crippen molar-refractivity contribution in [2.24, 2.45) is 0 Å². The minimum absolute atomic E-state index is 1.40. The molecule has 60 heavy (non-hydrogen) atoms. The second-order valence-corrected chi connectivity index (χ2v) is 19.5. The molecule has 0 fully saturated rings. The largest absolute Gasteiger partial charge is 0.139 e. The van der Waals surface area contributed by atoms with Gasteiger partial charge in [0.2, 0.25) is 0 Å². The van der Waals surface area contributed by atoms with Crippen LogP contribution in [0.1, 0.15) is 0 Å². The summed E-state index contributed by atoms with van der Waals surface area (Å²) in [5.41, 5.74) is 42.3. The van der Waals surface area contributed by atoms with E-state index in [1.165, 1.54) is 197 Å². The van der Waals surface area contributed by atoms with Crippen LogP contribution in [0, 0.1) is 0 Å². The van der Waals surface area contributed by atoms with E-state index in [2.05, 4.69) is 188 Å². The molecular formula is C36H48B24. The zero-order chi connectivity index (χ0) is 44.8. The molecule has 7 aromatic carbocycles. The summed E-state index contributed by atoms with van der Waals surface area (Å²) in [7, 11) is 57.1. The van der Waals surface area contributed by atoms with Crippen LogP contribution in [0.3, 0.4) is 0 Å². The fourth-order valence-corrected chi connectivity index (χ4v) is 11.7.